The largest absolute Gasteiger partial charge is 0.374 e. The zero-order valence-corrected chi connectivity index (χ0v) is 13.5. The maximum absolute atomic E-state index is 12.5. The summed E-state index contributed by atoms with van der Waals surface area (Å²) in [6, 6.07) is 1.00. The molecule has 1 heterocycles. The first-order valence-electron chi connectivity index (χ1n) is 6.23. The van der Waals surface area contributed by atoms with Gasteiger partial charge in [0.1, 0.15) is 4.21 Å². The van der Waals surface area contributed by atoms with E-state index < -0.39 is 14.9 Å². The Balaban J connectivity index is 3.25. The molecule has 1 rings (SSSR count). The lowest BCUT2D eigenvalue weighted by molar-refractivity contribution is -0.383. The summed E-state index contributed by atoms with van der Waals surface area (Å²) in [6.07, 6.45) is 1.39. The molecule has 0 fully saturated rings. The molecule has 9 heteroatoms. The molecule has 0 aliphatic carbocycles. The van der Waals surface area contributed by atoms with Crippen molar-refractivity contribution in [3.05, 3.63) is 16.2 Å². The van der Waals surface area contributed by atoms with Gasteiger partial charge < -0.3 is 5.32 Å². The lowest BCUT2D eigenvalue weighted by atomic mass is 10.2. The molecule has 0 aliphatic rings. The highest BCUT2D eigenvalue weighted by Gasteiger charge is 2.31. The maximum Gasteiger partial charge on any atom is 0.304 e. The van der Waals surface area contributed by atoms with Gasteiger partial charge in [0.05, 0.1) is 4.92 Å². The third kappa shape index (κ3) is 3.10. The number of nitrogens with zero attached hydrogens (tertiary/aromatic N) is 2. The van der Waals surface area contributed by atoms with Crippen LogP contribution < -0.4 is 5.32 Å². The molecule has 1 aromatic heterocycles. The molecule has 1 N–H and O–H groups in total. The summed E-state index contributed by atoms with van der Waals surface area (Å²) in [5, 5.41) is 13.8. The molecule has 0 saturated carbocycles. The van der Waals surface area contributed by atoms with E-state index >= 15 is 0 Å². The summed E-state index contributed by atoms with van der Waals surface area (Å²) < 4.78 is 26.2. The van der Waals surface area contributed by atoms with Gasteiger partial charge >= 0.3 is 5.69 Å². The molecule has 0 amide bonds. The molecular weight excluding hydrogens is 302 g/mol. The fourth-order valence-electron chi connectivity index (χ4n) is 1.94. The molecule has 0 aliphatic heterocycles. The van der Waals surface area contributed by atoms with Gasteiger partial charge in [0.15, 0.2) is 5.00 Å². The van der Waals surface area contributed by atoms with Crippen LogP contribution in [0.15, 0.2) is 10.3 Å². The number of nitro groups is 1. The number of anilines is 1. The van der Waals surface area contributed by atoms with Crippen LogP contribution >= 0.6 is 11.3 Å². The van der Waals surface area contributed by atoms with Crippen LogP contribution in [0.1, 0.15) is 26.7 Å². The van der Waals surface area contributed by atoms with Crippen molar-refractivity contribution in [3.8, 4) is 0 Å². The quantitative estimate of drug-likeness (QED) is 0.615. The van der Waals surface area contributed by atoms with E-state index in [0.29, 0.717) is 12.8 Å². The van der Waals surface area contributed by atoms with Crippen molar-refractivity contribution in [3.63, 3.8) is 0 Å². The van der Waals surface area contributed by atoms with Gasteiger partial charge in [-0.1, -0.05) is 25.2 Å². The van der Waals surface area contributed by atoms with E-state index in [-0.39, 0.29) is 20.9 Å². The third-order valence-corrected chi connectivity index (χ3v) is 6.70. The van der Waals surface area contributed by atoms with E-state index in [1.165, 1.54) is 18.4 Å². The normalized spacial score (nSPS) is 12.1. The minimum atomic E-state index is -3.70. The monoisotopic (exact) mass is 321 g/mol. The van der Waals surface area contributed by atoms with Gasteiger partial charge in [-0.15, -0.1) is 0 Å². The minimum absolute atomic E-state index is 0.0112. The molecule has 0 atom stereocenters. The molecule has 1 aromatic rings. The first-order chi connectivity index (χ1) is 9.29. The van der Waals surface area contributed by atoms with Crippen molar-refractivity contribution in [2.75, 3.05) is 19.4 Å². The lowest BCUT2D eigenvalue weighted by Gasteiger charge is -2.24. The summed E-state index contributed by atoms with van der Waals surface area (Å²) in [6.45, 7) is 3.83. The first kappa shape index (κ1) is 16.9. The summed E-state index contributed by atoms with van der Waals surface area (Å²) in [4.78, 5) is 10.3. The predicted molar refractivity (Wildman–Crippen MR) is 79.8 cm³/mol. The fourth-order valence-corrected chi connectivity index (χ4v) is 4.91. The van der Waals surface area contributed by atoms with Gasteiger partial charge in [-0.05, 0) is 12.8 Å². The highest BCUT2D eigenvalue weighted by molar-refractivity contribution is 7.91. The SMILES string of the molecule is CCC(CC)N(C)S(=O)(=O)c1cc([N+](=O)[O-])c(NC)s1. The molecule has 0 bridgehead atoms. The molecular formula is C11H19N3O4S2. The third-order valence-electron chi connectivity index (χ3n) is 3.20. The van der Waals surface area contributed by atoms with Gasteiger partial charge in [0, 0.05) is 26.2 Å². The summed E-state index contributed by atoms with van der Waals surface area (Å²) >= 11 is 0.879. The van der Waals surface area contributed by atoms with Crippen molar-refractivity contribution >= 4 is 32.0 Å². The van der Waals surface area contributed by atoms with Crippen LogP contribution in [0.5, 0.6) is 0 Å². The van der Waals surface area contributed by atoms with E-state index in [2.05, 4.69) is 5.32 Å². The van der Waals surface area contributed by atoms with Crippen LogP contribution in [0.4, 0.5) is 10.7 Å². The number of nitrogens with one attached hydrogen (secondary N) is 1. The Labute approximate surface area is 122 Å². The second kappa shape index (κ2) is 6.51. The number of rotatable bonds is 7. The van der Waals surface area contributed by atoms with Crippen LogP contribution in [-0.4, -0.2) is 37.8 Å². The molecule has 20 heavy (non-hydrogen) atoms. The maximum atomic E-state index is 12.5. The highest BCUT2D eigenvalue weighted by atomic mass is 32.2. The Morgan fingerprint density at radius 3 is 2.35 bits per heavy atom. The topological polar surface area (TPSA) is 92.5 Å². The average Bonchev–Trinajstić information content (AvgIpc) is 2.84. The Hall–Kier alpha value is -1.19. The van der Waals surface area contributed by atoms with Gasteiger partial charge in [-0.3, -0.25) is 10.1 Å². The lowest BCUT2D eigenvalue weighted by Crippen LogP contribution is -2.35. The van der Waals surface area contributed by atoms with Crippen molar-refractivity contribution in [1.29, 1.82) is 0 Å². The molecule has 0 aromatic carbocycles. The second-order valence-electron chi connectivity index (χ2n) is 4.28. The predicted octanol–water partition coefficient (Wildman–Crippen LogP) is 2.51. The van der Waals surface area contributed by atoms with Crippen molar-refractivity contribution in [1.82, 2.24) is 4.31 Å². The molecule has 7 nitrogen and oxygen atoms in total. The summed E-state index contributed by atoms with van der Waals surface area (Å²) in [5.74, 6) is 0. The zero-order valence-electron chi connectivity index (χ0n) is 11.9. The molecule has 0 spiro atoms. The van der Waals surface area contributed by atoms with Crippen LogP contribution in [0, 0.1) is 10.1 Å². The number of sulfonamides is 1. The smallest absolute Gasteiger partial charge is 0.304 e. The van der Waals surface area contributed by atoms with Gasteiger partial charge in [-0.25, -0.2) is 8.42 Å². The van der Waals surface area contributed by atoms with Gasteiger partial charge in [0.2, 0.25) is 0 Å². The van der Waals surface area contributed by atoms with E-state index in [1.807, 2.05) is 13.8 Å². The van der Waals surface area contributed by atoms with Gasteiger partial charge in [-0.2, -0.15) is 4.31 Å². The van der Waals surface area contributed by atoms with Crippen LogP contribution in [0.3, 0.4) is 0 Å². The minimum Gasteiger partial charge on any atom is -0.374 e. The van der Waals surface area contributed by atoms with E-state index in [1.54, 1.807) is 0 Å². The van der Waals surface area contributed by atoms with Gasteiger partial charge in [0.25, 0.3) is 10.0 Å². The second-order valence-corrected chi connectivity index (χ2v) is 7.56. The van der Waals surface area contributed by atoms with Crippen LogP contribution in [0.2, 0.25) is 0 Å². The van der Waals surface area contributed by atoms with E-state index in [4.69, 9.17) is 0 Å². The number of thiophene rings is 1. The highest BCUT2D eigenvalue weighted by Crippen LogP contribution is 2.38. The number of hydrogen-bond donors (Lipinski definition) is 1. The van der Waals surface area contributed by atoms with Crippen molar-refractivity contribution < 1.29 is 13.3 Å². The van der Waals surface area contributed by atoms with Crippen LogP contribution in [0.25, 0.3) is 0 Å². The number of hydrogen-bond acceptors (Lipinski definition) is 6. The van der Waals surface area contributed by atoms with Crippen molar-refractivity contribution in [2.45, 2.75) is 36.9 Å². The summed E-state index contributed by atoms with van der Waals surface area (Å²) in [5.41, 5.74) is -0.214. The van der Waals surface area contributed by atoms with Crippen molar-refractivity contribution in [2.24, 2.45) is 0 Å². The Kier molecular flexibility index (Phi) is 5.49. The Bertz CT molecular complexity index is 578. The van der Waals surface area contributed by atoms with Crippen LogP contribution in [-0.2, 0) is 10.0 Å². The molecule has 0 saturated heterocycles. The average molecular weight is 321 g/mol. The standard InChI is InChI=1S/C11H19N3O4S2/c1-5-8(6-2)13(4)20(17,18)10-7-9(14(15)16)11(12-3)19-10/h7-8,12H,5-6H2,1-4H3. The van der Waals surface area contributed by atoms with E-state index in [9.17, 15) is 18.5 Å². The summed E-state index contributed by atoms with van der Waals surface area (Å²) in [7, 11) is -0.661. The molecule has 114 valence electrons. The van der Waals surface area contributed by atoms with E-state index in [0.717, 1.165) is 17.4 Å². The molecule has 0 unspecified atom stereocenters. The first-order valence-corrected chi connectivity index (χ1v) is 8.49. The fraction of sp³-hybridized carbons (Fsp3) is 0.636. The Morgan fingerprint density at radius 2 is 2.00 bits per heavy atom. The zero-order chi connectivity index (χ0) is 15.5. The molecule has 0 radical (unpaired) electrons. The Morgan fingerprint density at radius 1 is 1.45 bits per heavy atom.